The summed E-state index contributed by atoms with van der Waals surface area (Å²) in [7, 11) is 0. The number of para-hydroxylation sites is 1. The summed E-state index contributed by atoms with van der Waals surface area (Å²) in [6.07, 6.45) is 6.00. The van der Waals surface area contributed by atoms with Crippen molar-refractivity contribution in [2.45, 2.75) is 58.9 Å². The molecule has 1 fully saturated rings. The number of carboxylic acid groups (broad SMARTS) is 1. The number of nitrogens with zero attached hydrogens (tertiary/aromatic N) is 1. The van der Waals surface area contributed by atoms with Gasteiger partial charge in [0.25, 0.3) is 0 Å². The third-order valence-corrected chi connectivity index (χ3v) is 4.47. The first kappa shape index (κ1) is 15.9. The summed E-state index contributed by atoms with van der Waals surface area (Å²) in [4.78, 5) is 14.0. The topological polar surface area (TPSA) is 40.5 Å². The lowest BCUT2D eigenvalue weighted by Gasteiger charge is -2.34. The van der Waals surface area contributed by atoms with Crippen molar-refractivity contribution >= 4 is 11.7 Å². The van der Waals surface area contributed by atoms with Crippen molar-refractivity contribution in [1.82, 2.24) is 0 Å². The maximum atomic E-state index is 11.6. The van der Waals surface area contributed by atoms with Crippen LogP contribution in [0.1, 0.15) is 61.9 Å². The Labute approximate surface area is 128 Å². The van der Waals surface area contributed by atoms with Gasteiger partial charge in [0.15, 0.2) is 0 Å². The number of rotatable bonds is 6. The molecule has 2 rings (SSSR count). The van der Waals surface area contributed by atoms with Crippen molar-refractivity contribution in [2.24, 2.45) is 5.92 Å². The molecule has 1 saturated carbocycles. The first-order valence-corrected chi connectivity index (χ1v) is 8.10. The summed E-state index contributed by atoms with van der Waals surface area (Å²) >= 11 is 0. The van der Waals surface area contributed by atoms with Crippen LogP contribution in [0.5, 0.6) is 0 Å². The van der Waals surface area contributed by atoms with E-state index in [0.717, 1.165) is 24.2 Å². The molecule has 0 heterocycles. The second-order valence-corrected chi connectivity index (χ2v) is 6.59. The predicted octanol–water partition coefficient (Wildman–Crippen LogP) is 4.49. The van der Waals surface area contributed by atoms with Gasteiger partial charge in [-0.15, -0.1) is 0 Å². The maximum Gasteiger partial charge on any atom is 0.337 e. The smallest absolute Gasteiger partial charge is 0.337 e. The predicted molar refractivity (Wildman–Crippen MR) is 87.2 cm³/mol. The van der Waals surface area contributed by atoms with Gasteiger partial charge >= 0.3 is 5.97 Å². The minimum atomic E-state index is -0.818. The Kier molecular flexibility index (Phi) is 5.27. The number of carbonyl (C=O) groups is 1. The normalized spacial score (nSPS) is 15.6. The van der Waals surface area contributed by atoms with Gasteiger partial charge in [-0.1, -0.05) is 38.8 Å². The molecule has 0 bridgehead atoms. The van der Waals surface area contributed by atoms with E-state index in [4.69, 9.17) is 0 Å². The highest BCUT2D eigenvalue weighted by Gasteiger charge is 2.27. The highest BCUT2D eigenvalue weighted by Crippen LogP contribution is 2.33. The zero-order valence-corrected chi connectivity index (χ0v) is 13.4. The SMILES string of the molecule is Cc1cccc(C(=O)O)c1N(CCC(C)C)C1CCCC1. The molecule has 1 aromatic carbocycles. The van der Waals surface area contributed by atoms with Crippen molar-refractivity contribution in [3.05, 3.63) is 29.3 Å². The van der Waals surface area contributed by atoms with Crippen LogP contribution in [-0.2, 0) is 0 Å². The fourth-order valence-corrected chi connectivity index (χ4v) is 3.30. The van der Waals surface area contributed by atoms with Crippen molar-refractivity contribution in [3.8, 4) is 0 Å². The van der Waals surface area contributed by atoms with Crippen LogP contribution in [0.3, 0.4) is 0 Å². The molecule has 1 N–H and O–H groups in total. The van der Waals surface area contributed by atoms with Crippen LogP contribution in [0.2, 0.25) is 0 Å². The Morgan fingerprint density at radius 1 is 1.33 bits per heavy atom. The van der Waals surface area contributed by atoms with E-state index in [1.807, 2.05) is 19.1 Å². The van der Waals surface area contributed by atoms with Gasteiger partial charge < -0.3 is 10.0 Å². The van der Waals surface area contributed by atoms with Crippen LogP contribution in [0, 0.1) is 12.8 Å². The standard InChI is InChI=1S/C18H27NO2/c1-13(2)11-12-19(15-8-4-5-9-15)17-14(3)7-6-10-16(17)18(20)21/h6-7,10,13,15H,4-5,8-9,11-12H2,1-3H3,(H,20,21). The van der Waals surface area contributed by atoms with Crippen molar-refractivity contribution in [1.29, 1.82) is 0 Å². The lowest BCUT2D eigenvalue weighted by Crippen LogP contribution is -2.36. The summed E-state index contributed by atoms with van der Waals surface area (Å²) < 4.78 is 0. The largest absolute Gasteiger partial charge is 0.478 e. The molecule has 1 aliphatic carbocycles. The number of aryl methyl sites for hydroxylation is 1. The number of hydrogen-bond acceptors (Lipinski definition) is 2. The van der Waals surface area contributed by atoms with E-state index in [1.54, 1.807) is 6.07 Å². The van der Waals surface area contributed by atoms with Crippen LogP contribution in [0.15, 0.2) is 18.2 Å². The van der Waals surface area contributed by atoms with E-state index < -0.39 is 5.97 Å². The van der Waals surface area contributed by atoms with Crippen molar-refractivity contribution < 1.29 is 9.90 Å². The third-order valence-electron chi connectivity index (χ3n) is 4.47. The van der Waals surface area contributed by atoms with Crippen molar-refractivity contribution in [3.63, 3.8) is 0 Å². The summed E-state index contributed by atoms with van der Waals surface area (Å²) in [5.74, 6) is -0.188. The lowest BCUT2D eigenvalue weighted by molar-refractivity contribution is 0.0697. The average Bonchev–Trinajstić information content (AvgIpc) is 2.93. The molecule has 3 nitrogen and oxygen atoms in total. The summed E-state index contributed by atoms with van der Waals surface area (Å²) in [6.45, 7) is 7.43. The molecule has 3 heteroatoms. The maximum absolute atomic E-state index is 11.6. The average molecular weight is 289 g/mol. The van der Waals surface area contributed by atoms with E-state index >= 15 is 0 Å². The molecule has 1 aromatic rings. The minimum absolute atomic E-state index is 0.450. The molecule has 0 amide bonds. The fraction of sp³-hybridized carbons (Fsp3) is 0.611. The number of benzene rings is 1. The molecule has 21 heavy (non-hydrogen) atoms. The molecular formula is C18H27NO2. The quantitative estimate of drug-likeness (QED) is 0.839. The Bertz CT molecular complexity index is 490. The monoisotopic (exact) mass is 289 g/mol. The Balaban J connectivity index is 2.37. The van der Waals surface area contributed by atoms with E-state index in [-0.39, 0.29) is 0 Å². The Morgan fingerprint density at radius 3 is 2.57 bits per heavy atom. The van der Waals surface area contributed by atoms with E-state index in [0.29, 0.717) is 17.5 Å². The first-order chi connectivity index (χ1) is 10.0. The third kappa shape index (κ3) is 3.78. The number of anilines is 1. The molecule has 0 saturated heterocycles. The van der Waals surface area contributed by atoms with Gasteiger partial charge in [-0.05, 0) is 43.7 Å². The summed E-state index contributed by atoms with van der Waals surface area (Å²) in [5, 5.41) is 9.53. The Morgan fingerprint density at radius 2 is 2.00 bits per heavy atom. The zero-order valence-electron chi connectivity index (χ0n) is 13.4. The van der Waals surface area contributed by atoms with E-state index in [2.05, 4.69) is 18.7 Å². The Hall–Kier alpha value is -1.51. The van der Waals surface area contributed by atoms with Gasteiger partial charge in [-0.2, -0.15) is 0 Å². The van der Waals surface area contributed by atoms with Gasteiger partial charge in [0, 0.05) is 12.6 Å². The highest BCUT2D eigenvalue weighted by molar-refractivity contribution is 5.95. The first-order valence-electron chi connectivity index (χ1n) is 8.10. The molecule has 0 atom stereocenters. The summed E-state index contributed by atoms with van der Waals surface area (Å²) in [6, 6.07) is 6.11. The number of hydrogen-bond donors (Lipinski definition) is 1. The van der Waals surface area contributed by atoms with E-state index in [1.165, 1.54) is 25.7 Å². The van der Waals surface area contributed by atoms with Crippen LogP contribution >= 0.6 is 0 Å². The van der Waals surface area contributed by atoms with Gasteiger partial charge in [-0.3, -0.25) is 0 Å². The molecule has 116 valence electrons. The molecule has 0 aliphatic heterocycles. The van der Waals surface area contributed by atoms with Crippen LogP contribution in [0.4, 0.5) is 5.69 Å². The molecule has 1 aliphatic rings. The fourth-order valence-electron chi connectivity index (χ4n) is 3.30. The second-order valence-electron chi connectivity index (χ2n) is 6.59. The van der Waals surface area contributed by atoms with E-state index in [9.17, 15) is 9.90 Å². The highest BCUT2D eigenvalue weighted by atomic mass is 16.4. The number of carboxylic acids is 1. The van der Waals surface area contributed by atoms with Gasteiger partial charge in [0.1, 0.15) is 0 Å². The van der Waals surface area contributed by atoms with Crippen LogP contribution < -0.4 is 4.90 Å². The van der Waals surface area contributed by atoms with Crippen LogP contribution in [-0.4, -0.2) is 23.7 Å². The molecule has 0 radical (unpaired) electrons. The minimum Gasteiger partial charge on any atom is -0.478 e. The second kappa shape index (κ2) is 6.97. The van der Waals surface area contributed by atoms with Crippen LogP contribution in [0.25, 0.3) is 0 Å². The molecule has 0 aromatic heterocycles. The van der Waals surface area contributed by atoms with Crippen molar-refractivity contribution in [2.75, 3.05) is 11.4 Å². The number of aromatic carboxylic acids is 1. The lowest BCUT2D eigenvalue weighted by atomic mass is 10.0. The van der Waals surface area contributed by atoms with Gasteiger partial charge in [-0.25, -0.2) is 4.79 Å². The molecule has 0 spiro atoms. The molecular weight excluding hydrogens is 262 g/mol. The zero-order chi connectivity index (χ0) is 15.4. The van der Waals surface area contributed by atoms with Gasteiger partial charge in [0.05, 0.1) is 11.3 Å². The van der Waals surface area contributed by atoms with Gasteiger partial charge in [0.2, 0.25) is 0 Å². The summed E-state index contributed by atoms with van der Waals surface area (Å²) in [5.41, 5.74) is 2.47. The molecule has 0 unspecified atom stereocenters.